The average Bonchev–Trinajstić information content (AvgIpc) is 2.99. The van der Waals surface area contributed by atoms with Crippen molar-refractivity contribution in [3.63, 3.8) is 0 Å². The van der Waals surface area contributed by atoms with E-state index in [1.807, 2.05) is 37.1 Å². The molecule has 5 nitrogen and oxygen atoms in total. The van der Waals surface area contributed by atoms with Crippen molar-refractivity contribution in [2.75, 3.05) is 39.8 Å². The summed E-state index contributed by atoms with van der Waals surface area (Å²) in [6.07, 6.45) is 1.12. The summed E-state index contributed by atoms with van der Waals surface area (Å²) in [7, 11) is 1.89. The monoisotopic (exact) mass is 654 g/mol. The maximum absolute atomic E-state index is 15.2. The highest BCUT2D eigenvalue weighted by molar-refractivity contribution is 6.30. The number of likely N-dealkylation sites (tertiary alicyclic amines) is 1. The van der Waals surface area contributed by atoms with Gasteiger partial charge < -0.3 is 9.64 Å². The van der Waals surface area contributed by atoms with Gasteiger partial charge in [-0.2, -0.15) is 0 Å². The highest BCUT2D eigenvalue weighted by Crippen LogP contribution is 2.41. The molecule has 0 N–H and O–H groups in total. The summed E-state index contributed by atoms with van der Waals surface area (Å²) in [5.41, 5.74) is 3.40. The van der Waals surface area contributed by atoms with Crippen molar-refractivity contribution < 1.29 is 31.8 Å². The molecule has 1 unspecified atom stereocenters. The lowest BCUT2D eigenvalue weighted by Gasteiger charge is -2.35. The van der Waals surface area contributed by atoms with Crippen molar-refractivity contribution in [1.29, 1.82) is 0 Å². The van der Waals surface area contributed by atoms with E-state index in [9.17, 15) is 18.0 Å². The van der Waals surface area contributed by atoms with Crippen LogP contribution in [0.3, 0.4) is 0 Å². The number of carbonyl (C=O) groups is 1. The van der Waals surface area contributed by atoms with Crippen LogP contribution in [-0.4, -0.2) is 68.1 Å². The Hall–Kier alpha value is -2.20. The van der Waals surface area contributed by atoms with Gasteiger partial charge in [0.1, 0.15) is 11.9 Å². The highest BCUT2D eigenvalue weighted by Gasteiger charge is 2.37. The smallest absolute Gasteiger partial charge is 0.465 e. The van der Waals surface area contributed by atoms with Crippen LogP contribution in [0.4, 0.5) is 17.6 Å². The summed E-state index contributed by atoms with van der Waals surface area (Å²) in [5, 5.41) is 0.492. The maximum atomic E-state index is 15.2. The van der Waals surface area contributed by atoms with Crippen LogP contribution in [0.5, 0.6) is 0 Å². The van der Waals surface area contributed by atoms with Crippen LogP contribution >= 0.6 is 11.6 Å². The molecule has 1 saturated carbocycles. The van der Waals surface area contributed by atoms with E-state index >= 15 is 4.39 Å². The van der Waals surface area contributed by atoms with E-state index in [1.54, 1.807) is 19.1 Å². The molecule has 2 fully saturated rings. The first-order chi connectivity index (χ1) is 21.5. The highest BCUT2D eigenvalue weighted by atomic mass is 35.5. The van der Waals surface area contributed by atoms with Crippen LogP contribution in [0.15, 0.2) is 36.4 Å². The van der Waals surface area contributed by atoms with E-state index in [-0.39, 0.29) is 30.2 Å². The fraction of sp³-hybridized carbons (Fsp3) is 0.629. The van der Waals surface area contributed by atoms with E-state index in [0.717, 1.165) is 42.7 Å². The van der Waals surface area contributed by atoms with Crippen LogP contribution in [0, 0.1) is 12.7 Å². The van der Waals surface area contributed by atoms with E-state index < -0.39 is 18.5 Å². The van der Waals surface area contributed by atoms with Gasteiger partial charge in [0, 0.05) is 5.02 Å². The minimum atomic E-state index is -4.65. The zero-order chi connectivity index (χ0) is 32.6. The maximum Gasteiger partial charge on any atom is 0.522 e. The molecule has 1 aliphatic heterocycles. The summed E-state index contributed by atoms with van der Waals surface area (Å²) >= 11 is 6.31. The Kier molecular flexibility index (Phi) is 13.1. The predicted octanol–water partition coefficient (Wildman–Crippen LogP) is 8.94. The summed E-state index contributed by atoms with van der Waals surface area (Å²) in [6, 6.07) is 9.82. The van der Waals surface area contributed by atoms with Crippen LogP contribution in [0.2, 0.25) is 5.02 Å². The Bertz CT molecular complexity index is 1250. The third-order valence-corrected chi connectivity index (χ3v) is 9.69. The van der Waals surface area contributed by atoms with Gasteiger partial charge >= 0.3 is 12.3 Å². The molecule has 0 aromatic heterocycles. The number of carbonyl (C=O) groups excluding carboxylic acids is 1. The van der Waals surface area contributed by atoms with Crippen molar-refractivity contribution in [1.82, 2.24) is 9.80 Å². The molecule has 1 heterocycles. The second kappa shape index (κ2) is 16.6. The second-order valence-corrected chi connectivity index (χ2v) is 13.0. The molecule has 250 valence electrons. The van der Waals surface area contributed by atoms with Crippen molar-refractivity contribution in [2.24, 2.45) is 0 Å². The molecular formula is C35H47ClF4N2O3. The molecule has 2 aromatic rings. The van der Waals surface area contributed by atoms with Gasteiger partial charge in [-0.05, 0) is 151 Å². The third kappa shape index (κ3) is 10.1. The van der Waals surface area contributed by atoms with Crippen LogP contribution in [0.25, 0.3) is 0 Å². The normalized spacial score (nSPS) is 21.1. The fourth-order valence-electron chi connectivity index (χ4n) is 7.22. The average molecular weight is 655 g/mol. The number of aryl methyl sites for hydroxylation is 1. The van der Waals surface area contributed by atoms with E-state index in [1.165, 1.54) is 25.3 Å². The number of hydrogen-bond acceptors (Lipinski definition) is 5. The molecule has 0 spiro atoms. The molecule has 0 bridgehead atoms. The van der Waals surface area contributed by atoms with Gasteiger partial charge in [0.2, 0.25) is 0 Å². The first-order valence-corrected chi connectivity index (χ1v) is 16.7. The number of hydrogen-bond donors (Lipinski definition) is 0. The lowest BCUT2D eigenvalue weighted by atomic mass is 9.77. The summed E-state index contributed by atoms with van der Waals surface area (Å²) < 4.78 is 63.6. The van der Waals surface area contributed by atoms with Gasteiger partial charge in [0.15, 0.2) is 0 Å². The Labute approximate surface area is 270 Å². The molecule has 10 heteroatoms. The molecular weight excluding hydrogens is 608 g/mol. The number of alkyl halides is 3. The summed E-state index contributed by atoms with van der Waals surface area (Å²) in [6.45, 7) is 7.44. The van der Waals surface area contributed by atoms with Gasteiger partial charge in [0.25, 0.3) is 0 Å². The van der Waals surface area contributed by atoms with Gasteiger partial charge in [-0.15, -0.1) is 13.2 Å². The molecule has 1 aliphatic carbocycles. The number of rotatable bonds is 13. The first-order valence-electron chi connectivity index (χ1n) is 16.3. The number of nitrogens with zero attached hydrogens (tertiary/aromatic N) is 2. The number of benzene rings is 2. The topological polar surface area (TPSA) is 42.0 Å². The molecule has 4 rings (SSSR count). The largest absolute Gasteiger partial charge is 0.522 e. The van der Waals surface area contributed by atoms with Crippen LogP contribution in [0.1, 0.15) is 105 Å². The zero-order valence-corrected chi connectivity index (χ0v) is 27.4. The van der Waals surface area contributed by atoms with Crippen molar-refractivity contribution in [3.05, 3.63) is 69.5 Å². The second-order valence-electron chi connectivity index (χ2n) is 12.6. The Morgan fingerprint density at radius 3 is 2.42 bits per heavy atom. The van der Waals surface area contributed by atoms with Gasteiger partial charge in [-0.25, -0.2) is 9.18 Å². The third-order valence-electron chi connectivity index (χ3n) is 9.46. The Morgan fingerprint density at radius 2 is 1.76 bits per heavy atom. The van der Waals surface area contributed by atoms with Gasteiger partial charge in [-0.3, -0.25) is 9.64 Å². The molecule has 2 aromatic carbocycles. The minimum Gasteiger partial charge on any atom is -0.465 e. The van der Waals surface area contributed by atoms with E-state index in [4.69, 9.17) is 16.3 Å². The fourth-order valence-corrected chi connectivity index (χ4v) is 7.40. The minimum absolute atomic E-state index is 0.00235. The molecule has 45 heavy (non-hydrogen) atoms. The SMILES string of the molecule is CCOC(=O)C(c1cccc(C)c1C1CCC(OC(F)(F)F)CC1)N(C)CC[C@H](CCN1CCCCC1)c1cc(Cl)ccc1F. The Morgan fingerprint density at radius 1 is 1.04 bits per heavy atom. The zero-order valence-electron chi connectivity index (χ0n) is 26.7. The van der Waals surface area contributed by atoms with Crippen molar-refractivity contribution >= 4 is 17.6 Å². The quantitative estimate of drug-likeness (QED) is 0.159. The lowest BCUT2D eigenvalue weighted by molar-refractivity contribution is -0.345. The molecule has 0 radical (unpaired) electrons. The predicted molar refractivity (Wildman–Crippen MR) is 169 cm³/mol. The van der Waals surface area contributed by atoms with Crippen molar-refractivity contribution in [2.45, 2.75) is 102 Å². The van der Waals surface area contributed by atoms with E-state index in [0.29, 0.717) is 49.2 Å². The molecule has 0 amide bonds. The summed E-state index contributed by atoms with van der Waals surface area (Å²) in [5.74, 6) is -0.757. The molecule has 1 saturated heterocycles. The first kappa shape index (κ1) is 35.7. The number of likely N-dealkylation sites (N-methyl/N-ethyl adjacent to an activating group) is 1. The van der Waals surface area contributed by atoms with Crippen LogP contribution < -0.4 is 0 Å². The lowest BCUT2D eigenvalue weighted by Crippen LogP contribution is -2.36. The van der Waals surface area contributed by atoms with Gasteiger partial charge in [0.05, 0.1) is 12.7 Å². The van der Waals surface area contributed by atoms with Gasteiger partial charge in [-0.1, -0.05) is 36.2 Å². The molecule has 2 atom stereocenters. The number of piperidine rings is 1. The van der Waals surface area contributed by atoms with E-state index in [2.05, 4.69) is 9.64 Å². The number of esters is 1. The summed E-state index contributed by atoms with van der Waals surface area (Å²) in [4.78, 5) is 18.0. The number of ether oxygens (including phenoxy) is 2. The van der Waals surface area contributed by atoms with Crippen molar-refractivity contribution in [3.8, 4) is 0 Å². The molecule has 2 aliphatic rings. The standard InChI is InChI=1S/C35H47ClF4N2O3/c1-4-44-34(43)33(29-10-8-9-24(2)32(29)26-11-14-28(15-12-26)45-35(38,39)40)41(3)21-17-25(18-22-42-19-6-5-7-20-42)30-23-27(36)13-16-31(30)37/h8-10,13,16,23,25-26,28,33H,4-7,11-12,14-15,17-22H2,1-3H3/t25-,26?,28?,33?/m1/s1. The Balaban J connectivity index is 1.56. The number of halogens is 5. The van der Waals surface area contributed by atoms with Crippen LogP contribution in [-0.2, 0) is 14.3 Å².